The van der Waals surface area contributed by atoms with Crippen LogP contribution in [0.1, 0.15) is 31.1 Å². The molecule has 0 atom stereocenters. The molecule has 0 bridgehead atoms. The van der Waals surface area contributed by atoms with E-state index in [2.05, 4.69) is 14.8 Å². The third kappa shape index (κ3) is 4.35. The number of hydrogen-bond donors (Lipinski definition) is 1. The van der Waals surface area contributed by atoms with E-state index in [0.717, 1.165) is 0 Å². The lowest BCUT2D eigenvalue weighted by atomic mass is 10.1. The van der Waals surface area contributed by atoms with E-state index in [9.17, 15) is 14.4 Å². The quantitative estimate of drug-likeness (QED) is 0.839. The molecule has 2 aromatic carbocycles. The van der Waals surface area contributed by atoms with Crippen LogP contribution < -0.4 is 10.1 Å². The van der Waals surface area contributed by atoms with E-state index < -0.39 is 17.8 Å². The van der Waals surface area contributed by atoms with Gasteiger partial charge in [0.25, 0.3) is 5.91 Å². The number of carbonyl (C=O) groups excluding carboxylic acids is 3. The predicted octanol–water partition coefficient (Wildman–Crippen LogP) is 2.52. The molecule has 25 heavy (non-hydrogen) atoms. The zero-order chi connectivity index (χ0) is 18.4. The molecule has 0 aliphatic carbocycles. The number of anilines is 1. The van der Waals surface area contributed by atoms with E-state index in [0.29, 0.717) is 11.3 Å². The Hall–Kier alpha value is -3.35. The van der Waals surface area contributed by atoms with Crippen LogP contribution in [-0.4, -0.2) is 39.2 Å². The van der Waals surface area contributed by atoms with Gasteiger partial charge in [0, 0.05) is 11.3 Å². The van der Waals surface area contributed by atoms with Gasteiger partial charge in [-0.25, -0.2) is 9.59 Å². The molecule has 0 heterocycles. The molecule has 1 N–H and O–H groups in total. The average molecular weight is 343 g/mol. The summed E-state index contributed by atoms with van der Waals surface area (Å²) >= 11 is 0. The Labute approximate surface area is 144 Å². The predicted molar refractivity (Wildman–Crippen MR) is 90.1 cm³/mol. The minimum atomic E-state index is -0.634. The first-order valence-corrected chi connectivity index (χ1v) is 7.25. The van der Waals surface area contributed by atoms with E-state index in [1.54, 1.807) is 24.3 Å². The summed E-state index contributed by atoms with van der Waals surface area (Å²) in [6.45, 7) is 0. The van der Waals surface area contributed by atoms with Gasteiger partial charge >= 0.3 is 11.9 Å². The van der Waals surface area contributed by atoms with E-state index in [4.69, 9.17) is 4.74 Å². The maximum absolute atomic E-state index is 12.3. The van der Waals surface area contributed by atoms with Crippen molar-refractivity contribution < 1.29 is 28.6 Å². The molecule has 0 unspecified atom stereocenters. The summed E-state index contributed by atoms with van der Waals surface area (Å²) in [6.07, 6.45) is 0. The van der Waals surface area contributed by atoms with Gasteiger partial charge in [0.15, 0.2) is 0 Å². The molecule has 0 saturated carbocycles. The van der Waals surface area contributed by atoms with Gasteiger partial charge in [-0.2, -0.15) is 0 Å². The van der Waals surface area contributed by atoms with Crippen molar-refractivity contribution in [3.63, 3.8) is 0 Å². The Morgan fingerprint density at radius 3 is 1.72 bits per heavy atom. The van der Waals surface area contributed by atoms with Crippen molar-refractivity contribution in [3.05, 3.63) is 59.2 Å². The van der Waals surface area contributed by atoms with Crippen LogP contribution in [0.4, 0.5) is 5.69 Å². The molecule has 0 aliphatic heterocycles. The summed E-state index contributed by atoms with van der Waals surface area (Å²) in [4.78, 5) is 35.8. The summed E-state index contributed by atoms with van der Waals surface area (Å²) in [5.74, 6) is -1.05. The van der Waals surface area contributed by atoms with Gasteiger partial charge < -0.3 is 19.5 Å². The molecule has 130 valence electrons. The fraction of sp³-hybridized carbons (Fsp3) is 0.167. The normalized spacial score (nSPS) is 9.88. The molecule has 0 fully saturated rings. The lowest BCUT2D eigenvalue weighted by Gasteiger charge is -2.10. The standard InChI is InChI=1S/C18H17NO6/c1-23-15-6-4-11(5-7-15)16(20)19-14-9-12(17(21)24-2)8-13(10-14)18(22)25-3/h4-10H,1-3H3,(H,19,20). The van der Waals surface area contributed by atoms with Crippen molar-refractivity contribution >= 4 is 23.5 Å². The van der Waals surface area contributed by atoms with Crippen molar-refractivity contribution in [2.24, 2.45) is 0 Å². The van der Waals surface area contributed by atoms with Crippen molar-refractivity contribution in [1.29, 1.82) is 0 Å². The van der Waals surface area contributed by atoms with E-state index in [1.807, 2.05) is 0 Å². The van der Waals surface area contributed by atoms with Crippen LogP contribution in [-0.2, 0) is 9.47 Å². The number of hydrogen-bond acceptors (Lipinski definition) is 6. The van der Waals surface area contributed by atoms with Gasteiger partial charge in [-0.3, -0.25) is 4.79 Å². The number of ether oxygens (including phenoxy) is 3. The summed E-state index contributed by atoms with van der Waals surface area (Å²) in [5.41, 5.74) is 0.902. The molecule has 0 saturated heterocycles. The number of esters is 2. The molecule has 0 spiro atoms. The van der Waals surface area contributed by atoms with Crippen LogP contribution in [0.15, 0.2) is 42.5 Å². The molecular formula is C18H17NO6. The number of benzene rings is 2. The second-order valence-electron chi connectivity index (χ2n) is 4.96. The topological polar surface area (TPSA) is 90.9 Å². The molecule has 7 nitrogen and oxygen atoms in total. The average Bonchev–Trinajstić information content (AvgIpc) is 2.66. The third-order valence-corrected chi connectivity index (χ3v) is 3.39. The molecule has 7 heteroatoms. The maximum atomic E-state index is 12.3. The Kier molecular flexibility index (Phi) is 5.73. The molecule has 2 rings (SSSR count). The first-order valence-electron chi connectivity index (χ1n) is 7.25. The zero-order valence-corrected chi connectivity index (χ0v) is 14.0. The Balaban J connectivity index is 2.31. The molecule has 0 radical (unpaired) electrons. The smallest absolute Gasteiger partial charge is 0.337 e. The van der Waals surface area contributed by atoms with Gasteiger partial charge in [0.1, 0.15) is 5.75 Å². The van der Waals surface area contributed by atoms with Crippen LogP contribution in [0.2, 0.25) is 0 Å². The molecule has 2 aromatic rings. The minimum Gasteiger partial charge on any atom is -0.497 e. The summed E-state index contributed by atoms with van der Waals surface area (Å²) in [7, 11) is 3.98. The van der Waals surface area contributed by atoms with Gasteiger partial charge in [0.2, 0.25) is 0 Å². The largest absolute Gasteiger partial charge is 0.497 e. The molecule has 1 amide bonds. The number of carbonyl (C=O) groups is 3. The van der Waals surface area contributed by atoms with Crippen LogP contribution in [0.5, 0.6) is 5.75 Å². The highest BCUT2D eigenvalue weighted by Gasteiger charge is 2.15. The van der Waals surface area contributed by atoms with E-state index >= 15 is 0 Å². The monoisotopic (exact) mass is 343 g/mol. The number of methoxy groups -OCH3 is 3. The van der Waals surface area contributed by atoms with Gasteiger partial charge in [-0.1, -0.05) is 0 Å². The van der Waals surface area contributed by atoms with E-state index in [-0.39, 0.29) is 16.8 Å². The van der Waals surface area contributed by atoms with Crippen LogP contribution in [0, 0.1) is 0 Å². The Morgan fingerprint density at radius 2 is 1.28 bits per heavy atom. The highest BCUT2D eigenvalue weighted by atomic mass is 16.5. The number of rotatable bonds is 5. The van der Waals surface area contributed by atoms with Gasteiger partial charge in [0.05, 0.1) is 32.5 Å². The zero-order valence-electron chi connectivity index (χ0n) is 14.0. The molecular weight excluding hydrogens is 326 g/mol. The molecule has 0 aromatic heterocycles. The van der Waals surface area contributed by atoms with Crippen molar-refractivity contribution in [1.82, 2.24) is 0 Å². The minimum absolute atomic E-state index is 0.121. The second kappa shape index (κ2) is 7.96. The highest BCUT2D eigenvalue weighted by molar-refractivity contribution is 6.06. The first kappa shape index (κ1) is 18.0. The van der Waals surface area contributed by atoms with Crippen molar-refractivity contribution in [2.45, 2.75) is 0 Å². The van der Waals surface area contributed by atoms with Crippen molar-refractivity contribution in [3.8, 4) is 5.75 Å². The highest BCUT2D eigenvalue weighted by Crippen LogP contribution is 2.19. The Morgan fingerprint density at radius 1 is 0.760 bits per heavy atom. The van der Waals surface area contributed by atoms with Crippen molar-refractivity contribution in [2.75, 3.05) is 26.6 Å². The van der Waals surface area contributed by atoms with Crippen LogP contribution in [0.3, 0.4) is 0 Å². The van der Waals surface area contributed by atoms with Crippen LogP contribution >= 0.6 is 0 Å². The second-order valence-corrected chi connectivity index (χ2v) is 4.96. The van der Waals surface area contributed by atoms with E-state index in [1.165, 1.54) is 39.5 Å². The van der Waals surface area contributed by atoms with Gasteiger partial charge in [-0.15, -0.1) is 0 Å². The SMILES string of the molecule is COC(=O)c1cc(NC(=O)c2ccc(OC)cc2)cc(C(=O)OC)c1. The lowest BCUT2D eigenvalue weighted by Crippen LogP contribution is -2.14. The number of amides is 1. The summed E-state index contributed by atoms with van der Waals surface area (Å²) in [5, 5.41) is 2.64. The maximum Gasteiger partial charge on any atom is 0.337 e. The third-order valence-electron chi connectivity index (χ3n) is 3.39. The fourth-order valence-electron chi connectivity index (χ4n) is 2.12. The summed E-state index contributed by atoms with van der Waals surface area (Å²) in [6, 6.07) is 10.7. The van der Waals surface area contributed by atoms with Gasteiger partial charge in [-0.05, 0) is 42.5 Å². The van der Waals surface area contributed by atoms with Crippen LogP contribution in [0.25, 0.3) is 0 Å². The molecule has 0 aliphatic rings. The Bertz CT molecular complexity index is 763. The first-order chi connectivity index (χ1) is 12.0. The summed E-state index contributed by atoms with van der Waals surface area (Å²) < 4.78 is 14.4. The lowest BCUT2D eigenvalue weighted by molar-refractivity contribution is 0.0599. The number of nitrogens with one attached hydrogen (secondary N) is 1. The fourth-order valence-corrected chi connectivity index (χ4v) is 2.12.